The highest BCUT2D eigenvalue weighted by Gasteiger charge is 2.22. The minimum atomic E-state index is -2.72. The van der Waals surface area contributed by atoms with Crippen molar-refractivity contribution in [3.63, 3.8) is 0 Å². The van der Waals surface area contributed by atoms with Gasteiger partial charge in [0, 0.05) is 12.5 Å². The molecule has 0 radical (unpaired) electrons. The van der Waals surface area contributed by atoms with Crippen molar-refractivity contribution in [3.05, 3.63) is 0 Å². The van der Waals surface area contributed by atoms with Gasteiger partial charge in [-0.25, -0.2) is 8.42 Å². The Kier molecular flexibility index (Phi) is 5.13. The standard InChI is InChI=1S/C11H19NO2S/c1-2-3-4-5-8-12-11-6-9-15(13,14)10-7-11/h1,11-12H,3-10H2. The predicted molar refractivity (Wildman–Crippen MR) is 62.4 cm³/mol. The number of hydrogen-bond donors (Lipinski definition) is 1. The van der Waals surface area contributed by atoms with Crippen molar-refractivity contribution < 1.29 is 8.42 Å². The fraction of sp³-hybridized carbons (Fsp3) is 0.818. The minimum absolute atomic E-state index is 0.342. The van der Waals surface area contributed by atoms with Crippen molar-refractivity contribution in [1.29, 1.82) is 0 Å². The first-order valence-electron chi connectivity index (χ1n) is 5.51. The Labute approximate surface area is 92.6 Å². The summed E-state index contributed by atoms with van der Waals surface area (Å²) in [7, 11) is -2.72. The molecule has 0 saturated carbocycles. The summed E-state index contributed by atoms with van der Waals surface area (Å²) >= 11 is 0. The number of hydrogen-bond acceptors (Lipinski definition) is 3. The average molecular weight is 229 g/mol. The van der Waals surface area contributed by atoms with Gasteiger partial charge in [-0.15, -0.1) is 12.3 Å². The van der Waals surface area contributed by atoms with Crippen LogP contribution in [-0.4, -0.2) is 32.5 Å². The van der Waals surface area contributed by atoms with Crippen LogP contribution in [0.3, 0.4) is 0 Å². The van der Waals surface area contributed by atoms with E-state index in [-0.39, 0.29) is 0 Å². The maximum atomic E-state index is 11.2. The predicted octanol–water partition coefficient (Wildman–Crippen LogP) is 0.957. The highest BCUT2D eigenvalue weighted by Crippen LogP contribution is 2.12. The van der Waals surface area contributed by atoms with Crippen LogP contribution in [0.25, 0.3) is 0 Å². The van der Waals surface area contributed by atoms with Crippen LogP contribution in [0.5, 0.6) is 0 Å². The van der Waals surface area contributed by atoms with Gasteiger partial charge in [0.25, 0.3) is 0 Å². The zero-order chi connectivity index (χ0) is 11.1. The second-order valence-electron chi connectivity index (χ2n) is 4.04. The molecule has 0 amide bonds. The molecule has 0 aliphatic carbocycles. The molecule has 1 heterocycles. The Bertz CT molecular complexity index is 302. The lowest BCUT2D eigenvalue weighted by molar-refractivity contribution is 0.457. The third kappa shape index (κ3) is 5.19. The van der Waals surface area contributed by atoms with Crippen molar-refractivity contribution in [2.45, 2.75) is 38.1 Å². The van der Waals surface area contributed by atoms with Gasteiger partial charge < -0.3 is 5.32 Å². The summed E-state index contributed by atoms with van der Waals surface area (Å²) in [6.45, 7) is 0.951. The normalized spacial score (nSPS) is 21.0. The van der Waals surface area contributed by atoms with Crippen molar-refractivity contribution in [2.75, 3.05) is 18.1 Å². The van der Waals surface area contributed by atoms with Crippen LogP contribution in [0.2, 0.25) is 0 Å². The molecule has 0 bridgehead atoms. The van der Waals surface area contributed by atoms with E-state index in [4.69, 9.17) is 6.42 Å². The van der Waals surface area contributed by atoms with Crippen LogP contribution in [0.4, 0.5) is 0 Å². The van der Waals surface area contributed by atoms with E-state index in [1.165, 1.54) is 0 Å². The van der Waals surface area contributed by atoms with Gasteiger partial charge in [-0.1, -0.05) is 0 Å². The SMILES string of the molecule is C#CCCCCNC1CCS(=O)(=O)CC1. The molecule has 1 aliphatic rings. The maximum Gasteiger partial charge on any atom is 0.150 e. The lowest BCUT2D eigenvalue weighted by Gasteiger charge is -2.22. The first-order chi connectivity index (χ1) is 7.14. The Morgan fingerprint density at radius 2 is 1.93 bits per heavy atom. The Balaban J connectivity index is 2.07. The molecule has 86 valence electrons. The second-order valence-corrected chi connectivity index (χ2v) is 6.35. The van der Waals surface area contributed by atoms with Crippen molar-refractivity contribution >= 4 is 9.84 Å². The molecule has 1 N–H and O–H groups in total. The van der Waals surface area contributed by atoms with Gasteiger partial charge in [-0.2, -0.15) is 0 Å². The molecule has 0 aromatic carbocycles. The molecule has 1 aliphatic heterocycles. The van der Waals surface area contributed by atoms with Crippen molar-refractivity contribution in [3.8, 4) is 12.3 Å². The first-order valence-corrected chi connectivity index (χ1v) is 7.33. The fourth-order valence-electron chi connectivity index (χ4n) is 1.75. The summed E-state index contributed by atoms with van der Waals surface area (Å²) in [6.07, 6.45) is 9.63. The molecular weight excluding hydrogens is 210 g/mol. The number of rotatable bonds is 5. The zero-order valence-electron chi connectivity index (χ0n) is 9.04. The zero-order valence-corrected chi connectivity index (χ0v) is 9.85. The lowest BCUT2D eigenvalue weighted by atomic mass is 10.1. The van der Waals surface area contributed by atoms with Crippen LogP contribution in [-0.2, 0) is 9.84 Å². The van der Waals surface area contributed by atoms with Gasteiger partial charge in [0.15, 0.2) is 0 Å². The van der Waals surface area contributed by atoms with Crippen LogP contribution in [0, 0.1) is 12.3 Å². The summed E-state index contributed by atoms with van der Waals surface area (Å²) in [6, 6.07) is 0.388. The number of nitrogens with one attached hydrogen (secondary N) is 1. The molecule has 1 saturated heterocycles. The average Bonchev–Trinajstić information content (AvgIpc) is 2.20. The quantitative estimate of drug-likeness (QED) is 0.564. The molecule has 0 aromatic heterocycles. The second kappa shape index (κ2) is 6.14. The molecule has 1 fully saturated rings. The molecule has 1 rings (SSSR count). The smallest absolute Gasteiger partial charge is 0.150 e. The molecule has 0 unspecified atom stereocenters. The number of unbranched alkanes of at least 4 members (excludes halogenated alkanes) is 2. The highest BCUT2D eigenvalue weighted by molar-refractivity contribution is 7.91. The Morgan fingerprint density at radius 3 is 2.53 bits per heavy atom. The summed E-state index contributed by atoms with van der Waals surface area (Å²) in [5.74, 6) is 3.29. The molecule has 15 heavy (non-hydrogen) atoms. The summed E-state index contributed by atoms with van der Waals surface area (Å²) in [5, 5.41) is 3.39. The summed E-state index contributed by atoms with van der Waals surface area (Å²) < 4.78 is 22.3. The third-order valence-electron chi connectivity index (χ3n) is 2.74. The first kappa shape index (κ1) is 12.5. The summed E-state index contributed by atoms with van der Waals surface area (Å²) in [4.78, 5) is 0. The number of terminal acetylenes is 1. The van der Waals surface area contributed by atoms with Gasteiger partial charge in [0.2, 0.25) is 0 Å². The van der Waals surface area contributed by atoms with Gasteiger partial charge in [0.1, 0.15) is 9.84 Å². The van der Waals surface area contributed by atoms with Crippen LogP contribution in [0.1, 0.15) is 32.1 Å². The van der Waals surface area contributed by atoms with Gasteiger partial charge >= 0.3 is 0 Å². The minimum Gasteiger partial charge on any atom is -0.314 e. The van der Waals surface area contributed by atoms with E-state index in [2.05, 4.69) is 11.2 Å². The monoisotopic (exact) mass is 229 g/mol. The third-order valence-corrected chi connectivity index (χ3v) is 4.45. The van der Waals surface area contributed by atoms with E-state index in [1.54, 1.807) is 0 Å². The molecule has 0 spiro atoms. The van der Waals surface area contributed by atoms with E-state index in [9.17, 15) is 8.42 Å². The van der Waals surface area contributed by atoms with E-state index in [0.717, 1.165) is 38.6 Å². The molecule has 4 heteroatoms. The lowest BCUT2D eigenvalue weighted by Crippen LogP contribution is -2.37. The van der Waals surface area contributed by atoms with Crippen LogP contribution < -0.4 is 5.32 Å². The topological polar surface area (TPSA) is 46.2 Å². The van der Waals surface area contributed by atoms with E-state index in [1.807, 2.05) is 0 Å². The van der Waals surface area contributed by atoms with E-state index in [0.29, 0.717) is 17.5 Å². The Hall–Kier alpha value is -0.530. The van der Waals surface area contributed by atoms with E-state index >= 15 is 0 Å². The fourth-order valence-corrected chi connectivity index (χ4v) is 3.24. The van der Waals surface area contributed by atoms with Gasteiger partial charge in [-0.05, 0) is 32.2 Å². The van der Waals surface area contributed by atoms with Crippen LogP contribution >= 0.6 is 0 Å². The maximum absolute atomic E-state index is 11.2. The van der Waals surface area contributed by atoms with Crippen LogP contribution in [0.15, 0.2) is 0 Å². The molecular formula is C11H19NO2S. The van der Waals surface area contributed by atoms with Crippen molar-refractivity contribution in [1.82, 2.24) is 5.32 Å². The summed E-state index contributed by atoms with van der Waals surface area (Å²) in [5.41, 5.74) is 0. The van der Waals surface area contributed by atoms with Gasteiger partial charge in [0.05, 0.1) is 11.5 Å². The Morgan fingerprint density at radius 1 is 1.27 bits per heavy atom. The molecule has 3 nitrogen and oxygen atoms in total. The number of sulfone groups is 1. The van der Waals surface area contributed by atoms with E-state index < -0.39 is 9.84 Å². The molecule has 0 aromatic rings. The largest absolute Gasteiger partial charge is 0.314 e. The van der Waals surface area contributed by atoms with Gasteiger partial charge in [-0.3, -0.25) is 0 Å². The molecule has 0 atom stereocenters. The van der Waals surface area contributed by atoms with Crippen molar-refractivity contribution in [2.24, 2.45) is 0 Å². The highest BCUT2D eigenvalue weighted by atomic mass is 32.2.